The van der Waals surface area contributed by atoms with Crippen LogP contribution < -0.4 is 0 Å². The van der Waals surface area contributed by atoms with E-state index in [0.717, 1.165) is 39.4 Å². The van der Waals surface area contributed by atoms with Gasteiger partial charge in [0, 0.05) is 5.69 Å². The fourth-order valence-corrected chi connectivity index (χ4v) is 4.87. The van der Waals surface area contributed by atoms with Gasteiger partial charge in [-0.1, -0.05) is 24.3 Å². The zero-order chi connectivity index (χ0) is 22.9. The maximum Gasteiger partial charge on any atom is 0.172 e. The highest BCUT2D eigenvalue weighted by molar-refractivity contribution is 5.87. The van der Waals surface area contributed by atoms with E-state index in [0.29, 0.717) is 22.7 Å². The number of para-hydroxylation sites is 3. The van der Waals surface area contributed by atoms with Crippen LogP contribution in [0, 0.1) is 39.0 Å². The van der Waals surface area contributed by atoms with Gasteiger partial charge in [-0.3, -0.25) is 13.5 Å². The lowest BCUT2D eigenvalue weighted by molar-refractivity contribution is 0.952. The summed E-state index contributed by atoms with van der Waals surface area (Å²) in [7, 11) is 0. The van der Waals surface area contributed by atoms with Crippen molar-refractivity contribution in [3.05, 3.63) is 83.2 Å². The van der Waals surface area contributed by atoms with Crippen molar-refractivity contribution in [2.45, 2.75) is 27.7 Å². The van der Waals surface area contributed by atoms with Crippen LogP contribution in [-0.4, -0.2) is 28.5 Å². The van der Waals surface area contributed by atoms with Crippen molar-refractivity contribution >= 4 is 27.8 Å². The van der Waals surface area contributed by atoms with Crippen LogP contribution in [0.1, 0.15) is 28.6 Å². The fourth-order valence-electron chi connectivity index (χ4n) is 4.87. The molecule has 7 nitrogen and oxygen atoms in total. The van der Waals surface area contributed by atoms with Gasteiger partial charge in [0.2, 0.25) is 0 Å². The molecule has 0 saturated carbocycles. The smallest absolute Gasteiger partial charge is 0.172 e. The number of imidazole rings is 2. The molecular weight excluding hydrogens is 410 g/mol. The zero-order valence-electron chi connectivity index (χ0n) is 18.8. The first-order chi connectivity index (χ1) is 16.0. The molecule has 0 aliphatic rings. The van der Waals surface area contributed by atoms with E-state index in [9.17, 15) is 5.26 Å². The maximum atomic E-state index is 9.62. The van der Waals surface area contributed by atoms with Crippen LogP contribution in [-0.2, 0) is 0 Å². The van der Waals surface area contributed by atoms with Crippen molar-refractivity contribution in [1.82, 2.24) is 28.5 Å². The second-order valence-electron chi connectivity index (χ2n) is 8.33. The molecule has 0 atom stereocenters. The third-order valence-corrected chi connectivity index (χ3v) is 6.22. The summed E-state index contributed by atoms with van der Waals surface area (Å²) in [5, 5.41) is 9.62. The monoisotopic (exact) mass is 431 g/mol. The number of nitriles is 1. The predicted molar refractivity (Wildman–Crippen MR) is 128 cm³/mol. The van der Waals surface area contributed by atoms with Crippen molar-refractivity contribution in [2.24, 2.45) is 0 Å². The SMILES string of the molecule is Cc1nc(C#N)c2nc(C)n(-c3cccc(C)c3-n3c4ccccc4n4c(C)ccc34)c2n1. The third-order valence-electron chi connectivity index (χ3n) is 6.22. The lowest BCUT2D eigenvalue weighted by Crippen LogP contribution is -2.08. The minimum Gasteiger partial charge on any atom is -0.298 e. The Hall–Kier alpha value is -4.44. The van der Waals surface area contributed by atoms with Crippen molar-refractivity contribution in [3.8, 4) is 17.4 Å². The van der Waals surface area contributed by atoms with Crippen LogP contribution >= 0.6 is 0 Å². The first-order valence-corrected chi connectivity index (χ1v) is 10.8. The van der Waals surface area contributed by atoms with Crippen molar-refractivity contribution in [1.29, 1.82) is 5.26 Å². The number of rotatable bonds is 2. The zero-order valence-corrected chi connectivity index (χ0v) is 18.8. The standard InChI is InChI=1S/C26H21N7/c1-15-8-7-11-22(32-18(4)30-24-19(14-27)28-17(3)29-26(24)32)25(15)33-21-10-6-5-9-20(21)31-16(2)12-13-23(31)33/h5-13H,1-4H3. The van der Waals surface area contributed by atoms with E-state index >= 15 is 0 Å². The van der Waals surface area contributed by atoms with Crippen LogP contribution in [0.25, 0.3) is 39.2 Å². The molecule has 6 aromatic rings. The number of fused-ring (bicyclic) bond motifs is 4. The lowest BCUT2D eigenvalue weighted by Gasteiger charge is -2.17. The first-order valence-electron chi connectivity index (χ1n) is 10.8. The quantitative estimate of drug-likeness (QED) is 0.381. The molecule has 0 bridgehead atoms. The number of hydrogen-bond donors (Lipinski definition) is 0. The topological polar surface area (TPSA) is 76.7 Å². The summed E-state index contributed by atoms with van der Waals surface area (Å²) >= 11 is 0. The van der Waals surface area contributed by atoms with E-state index in [4.69, 9.17) is 0 Å². The first kappa shape index (κ1) is 19.3. The number of aryl methyl sites for hydroxylation is 4. The molecule has 0 N–H and O–H groups in total. The van der Waals surface area contributed by atoms with E-state index < -0.39 is 0 Å². The minimum atomic E-state index is 0.296. The fraction of sp³-hybridized carbons (Fsp3) is 0.154. The van der Waals surface area contributed by atoms with Crippen LogP contribution in [0.2, 0.25) is 0 Å². The third kappa shape index (κ3) is 2.58. The normalized spacial score (nSPS) is 11.6. The van der Waals surface area contributed by atoms with E-state index in [2.05, 4.69) is 92.4 Å². The van der Waals surface area contributed by atoms with Gasteiger partial charge in [0.05, 0.1) is 22.4 Å². The molecular formula is C26H21N7. The molecule has 0 saturated heterocycles. The molecule has 0 fully saturated rings. The largest absolute Gasteiger partial charge is 0.298 e. The average molecular weight is 432 g/mol. The summed E-state index contributed by atoms with van der Waals surface area (Å²) in [5.74, 6) is 1.30. The van der Waals surface area contributed by atoms with E-state index in [1.165, 1.54) is 5.69 Å². The van der Waals surface area contributed by atoms with Crippen molar-refractivity contribution in [2.75, 3.05) is 0 Å². The summed E-state index contributed by atoms with van der Waals surface area (Å²) in [6.07, 6.45) is 0. The summed E-state index contributed by atoms with van der Waals surface area (Å²) in [6.45, 7) is 7.99. The van der Waals surface area contributed by atoms with Gasteiger partial charge in [-0.2, -0.15) is 5.26 Å². The molecule has 4 aromatic heterocycles. The molecule has 0 aliphatic carbocycles. The number of benzene rings is 2. The average Bonchev–Trinajstić information content (AvgIpc) is 3.44. The Morgan fingerprint density at radius 3 is 2.36 bits per heavy atom. The summed E-state index contributed by atoms with van der Waals surface area (Å²) in [6, 6.07) is 21.2. The van der Waals surface area contributed by atoms with Crippen LogP contribution in [0.5, 0.6) is 0 Å². The summed E-state index contributed by atoms with van der Waals surface area (Å²) in [5.41, 5.74) is 9.15. The molecule has 0 unspecified atom stereocenters. The Morgan fingerprint density at radius 1 is 0.788 bits per heavy atom. The Balaban J connectivity index is 1.78. The molecule has 0 amide bonds. The molecule has 2 aromatic carbocycles. The molecule has 33 heavy (non-hydrogen) atoms. The van der Waals surface area contributed by atoms with Gasteiger partial charge >= 0.3 is 0 Å². The van der Waals surface area contributed by atoms with Crippen LogP contribution in [0.15, 0.2) is 54.6 Å². The number of nitrogens with zero attached hydrogens (tertiary/aromatic N) is 7. The maximum absolute atomic E-state index is 9.62. The van der Waals surface area contributed by atoms with E-state index in [1.54, 1.807) is 6.92 Å². The molecule has 0 aliphatic heterocycles. The second kappa shape index (κ2) is 6.78. The van der Waals surface area contributed by atoms with Gasteiger partial charge in [-0.05, 0) is 63.6 Å². The Labute approximate surface area is 190 Å². The Morgan fingerprint density at radius 2 is 1.58 bits per heavy atom. The number of hydrogen-bond acceptors (Lipinski definition) is 4. The number of aromatic nitrogens is 6. The van der Waals surface area contributed by atoms with Crippen molar-refractivity contribution in [3.63, 3.8) is 0 Å². The molecule has 160 valence electrons. The predicted octanol–water partition coefficient (Wildman–Crippen LogP) is 5.12. The summed E-state index contributed by atoms with van der Waals surface area (Å²) in [4.78, 5) is 13.7. The van der Waals surface area contributed by atoms with Crippen molar-refractivity contribution < 1.29 is 0 Å². The molecule has 0 spiro atoms. The van der Waals surface area contributed by atoms with E-state index in [-0.39, 0.29) is 0 Å². The van der Waals surface area contributed by atoms with Crippen LogP contribution in [0.3, 0.4) is 0 Å². The van der Waals surface area contributed by atoms with Gasteiger partial charge in [-0.25, -0.2) is 15.0 Å². The highest BCUT2D eigenvalue weighted by Crippen LogP contribution is 2.34. The molecule has 0 radical (unpaired) electrons. The highest BCUT2D eigenvalue weighted by Gasteiger charge is 2.22. The van der Waals surface area contributed by atoms with Gasteiger partial charge in [0.1, 0.15) is 28.9 Å². The van der Waals surface area contributed by atoms with Gasteiger partial charge in [-0.15, -0.1) is 0 Å². The van der Waals surface area contributed by atoms with E-state index in [1.807, 2.05) is 17.6 Å². The van der Waals surface area contributed by atoms with Gasteiger partial charge < -0.3 is 0 Å². The highest BCUT2D eigenvalue weighted by atomic mass is 15.2. The molecule has 4 heterocycles. The van der Waals surface area contributed by atoms with Gasteiger partial charge in [0.15, 0.2) is 11.3 Å². The Bertz CT molecular complexity index is 1770. The minimum absolute atomic E-state index is 0.296. The lowest BCUT2D eigenvalue weighted by atomic mass is 10.1. The second-order valence-corrected chi connectivity index (χ2v) is 8.33. The Kier molecular flexibility index (Phi) is 3.96. The molecule has 6 rings (SSSR count). The van der Waals surface area contributed by atoms with Gasteiger partial charge in [0.25, 0.3) is 0 Å². The van der Waals surface area contributed by atoms with Crippen LogP contribution in [0.4, 0.5) is 0 Å². The summed E-state index contributed by atoms with van der Waals surface area (Å²) < 4.78 is 6.62. The molecule has 7 heteroatoms.